The van der Waals surface area contributed by atoms with E-state index in [1.54, 1.807) is 12.1 Å². The van der Waals surface area contributed by atoms with E-state index < -0.39 is 37.6 Å². The molecule has 0 amide bonds. The van der Waals surface area contributed by atoms with Gasteiger partial charge in [-0.05, 0) is 75.4 Å². The van der Waals surface area contributed by atoms with Gasteiger partial charge in [0.25, 0.3) is 0 Å². The second-order valence-corrected chi connectivity index (χ2v) is 15.7. The maximum absolute atomic E-state index is 11.3. The molecule has 0 atom stereocenters. The van der Waals surface area contributed by atoms with Crippen molar-refractivity contribution in [3.05, 3.63) is 86.1 Å². The largest absolute Gasteiger partial charge is 1.00 e. The molecule has 2 N–H and O–H groups in total. The Kier molecular flexibility index (Phi) is 20.4. The third-order valence-electron chi connectivity index (χ3n) is 8.57. The van der Waals surface area contributed by atoms with Gasteiger partial charge >= 0.3 is 63.3 Å². The van der Waals surface area contributed by atoms with Crippen molar-refractivity contribution in [3.63, 3.8) is 0 Å². The van der Waals surface area contributed by atoms with Crippen molar-refractivity contribution < 1.29 is 102 Å². The van der Waals surface area contributed by atoms with Gasteiger partial charge in [0.1, 0.15) is 26.8 Å². The van der Waals surface area contributed by atoms with Gasteiger partial charge in [-0.2, -0.15) is 0 Å². The summed E-state index contributed by atoms with van der Waals surface area (Å²) in [5.41, 5.74) is 3.39. The van der Waals surface area contributed by atoms with Gasteiger partial charge in [-0.1, -0.05) is 26.8 Å². The number of rotatable bonds is 14. The normalized spacial score (nSPS) is 14.8. The number of hydrogen-bond donors (Lipinski definition) is 2. The monoisotopic (exact) mass is 786 g/mol. The van der Waals surface area contributed by atoms with Gasteiger partial charge in [-0.25, -0.2) is 21.4 Å². The molecular formula is C37H51KN2O10S2. The van der Waals surface area contributed by atoms with Crippen molar-refractivity contribution in [3.8, 4) is 0 Å². The number of nitrogens with zero attached hydrogens (tertiary/aromatic N) is 2. The maximum Gasteiger partial charge on any atom is 1.00 e. The van der Waals surface area contributed by atoms with Gasteiger partial charge in [-0.3, -0.25) is 9.59 Å². The molecule has 0 saturated carbocycles. The van der Waals surface area contributed by atoms with Crippen LogP contribution in [0.5, 0.6) is 0 Å². The number of benzene rings is 2. The van der Waals surface area contributed by atoms with E-state index in [0.717, 1.165) is 60.4 Å². The minimum atomic E-state index is -4.50. The number of unbranched alkanes of at least 4 members (excludes halogenated alkanes) is 4. The molecule has 2 aliphatic rings. The van der Waals surface area contributed by atoms with Crippen LogP contribution in [0, 0.1) is 0 Å². The summed E-state index contributed by atoms with van der Waals surface area (Å²) in [6, 6.07) is 8.88. The molecule has 2 heterocycles. The zero-order valence-electron chi connectivity index (χ0n) is 31.0. The minimum Gasteiger partial charge on any atom is -0.744 e. The summed E-state index contributed by atoms with van der Waals surface area (Å²) in [6.07, 6.45) is 6.90. The van der Waals surface area contributed by atoms with E-state index in [-0.39, 0.29) is 79.4 Å². The standard InChI is InChI=1S/C17H23NO5S.C16H21NO5S.2C2H4.K/c1-12-17(2,3)14-11-13(24(21,22)23)8-9-15(14)18(12)10-6-4-5-7-16(19)20;1-16(2)11-17(9-5-3-4-6-15(18)19)14-8-7-12(10-13(14)16)23(20,21)22;2*1-2;/h8-9,11H,1,4-7,10H2,2-3H3,(H,19,20)(H,21,22,23);7-8,10-11H,3-6,9H2,1-2H3,(H-,18,19,20,21,22);2*1-2H2;/q;;;;+1/p-1. The van der Waals surface area contributed by atoms with Gasteiger partial charge in [0, 0.05) is 54.2 Å². The second-order valence-electron chi connectivity index (χ2n) is 12.9. The predicted octanol–water partition coefficient (Wildman–Crippen LogP) is 3.70. The summed E-state index contributed by atoms with van der Waals surface area (Å²) >= 11 is 0. The van der Waals surface area contributed by atoms with Crippen LogP contribution in [0.4, 0.5) is 11.4 Å². The summed E-state index contributed by atoms with van der Waals surface area (Å²) in [7, 11) is -8.96. The smallest absolute Gasteiger partial charge is 0.744 e. The van der Waals surface area contributed by atoms with Gasteiger partial charge in [-0.15, -0.1) is 26.3 Å². The SMILES string of the molecule is C=C.C=C.C=C1N(CCCCCC(=O)O)c2ccc(S(=O)(=O)[O-])cc2C1(C)C.CC1(C)C=[N+](CCCCCC(=O)O)c2ccc(S(=O)(=O)[O-])cc21.[K+]. The van der Waals surface area contributed by atoms with Gasteiger partial charge in [0.05, 0.1) is 15.2 Å². The Morgan fingerprint density at radius 2 is 1.21 bits per heavy atom. The van der Waals surface area contributed by atoms with Crippen LogP contribution in [0.3, 0.4) is 0 Å². The van der Waals surface area contributed by atoms with Crippen molar-refractivity contribution in [2.45, 2.75) is 99.7 Å². The molecule has 2 aromatic rings. The Hall–Kier alpha value is -2.47. The molecule has 282 valence electrons. The Balaban J connectivity index is 0.000000898. The number of aliphatic carboxylic acids is 2. The molecule has 52 heavy (non-hydrogen) atoms. The summed E-state index contributed by atoms with van der Waals surface area (Å²) in [5, 5.41) is 17.3. The number of carboxylic acid groups (broad SMARTS) is 2. The Morgan fingerprint density at radius 3 is 1.69 bits per heavy atom. The fourth-order valence-electron chi connectivity index (χ4n) is 5.91. The van der Waals surface area contributed by atoms with Crippen LogP contribution >= 0.6 is 0 Å². The summed E-state index contributed by atoms with van der Waals surface area (Å²) < 4.78 is 69.4. The van der Waals surface area contributed by atoms with E-state index in [0.29, 0.717) is 19.4 Å². The molecule has 0 spiro atoms. The molecule has 12 nitrogen and oxygen atoms in total. The number of carboxylic acids is 2. The van der Waals surface area contributed by atoms with Crippen molar-refractivity contribution >= 4 is 49.8 Å². The number of hydrogen-bond acceptors (Lipinski definition) is 9. The fourth-order valence-corrected chi connectivity index (χ4v) is 6.90. The first-order chi connectivity index (χ1) is 23.7. The number of allylic oxidation sites excluding steroid dienone is 1. The molecule has 2 aliphatic heterocycles. The molecular weight excluding hydrogens is 736 g/mol. The first kappa shape index (κ1) is 49.5. The third-order valence-corrected chi connectivity index (χ3v) is 10.2. The van der Waals surface area contributed by atoms with Crippen LogP contribution in [0.25, 0.3) is 0 Å². The summed E-state index contributed by atoms with van der Waals surface area (Å²) in [5.74, 6) is -1.58. The molecule has 0 unspecified atom stereocenters. The molecule has 0 bridgehead atoms. The van der Waals surface area contributed by atoms with E-state index in [4.69, 9.17) is 10.2 Å². The molecule has 0 aromatic heterocycles. The topological polar surface area (TPSA) is 195 Å². The Bertz CT molecular complexity index is 1820. The third kappa shape index (κ3) is 13.7. The zero-order chi connectivity index (χ0) is 39.4. The van der Waals surface area contributed by atoms with Crippen LogP contribution in [-0.2, 0) is 40.7 Å². The molecule has 0 saturated heterocycles. The quantitative estimate of drug-likeness (QED) is 0.0932. The molecule has 0 aliphatic carbocycles. The van der Waals surface area contributed by atoms with E-state index in [1.165, 1.54) is 24.3 Å². The fraction of sp³-hybridized carbons (Fsp3) is 0.432. The van der Waals surface area contributed by atoms with Crippen LogP contribution in [0.15, 0.2) is 84.8 Å². The van der Waals surface area contributed by atoms with Crippen molar-refractivity contribution in [1.82, 2.24) is 0 Å². The van der Waals surface area contributed by atoms with Gasteiger partial charge in [0.15, 0.2) is 6.21 Å². The number of carbonyl (C=O) groups is 2. The first-order valence-corrected chi connectivity index (χ1v) is 19.2. The number of fused-ring (bicyclic) bond motifs is 2. The number of anilines is 1. The van der Waals surface area contributed by atoms with Crippen molar-refractivity contribution in [2.75, 3.05) is 18.0 Å². The molecule has 0 radical (unpaired) electrons. The van der Waals surface area contributed by atoms with Gasteiger partial charge in [0.2, 0.25) is 5.69 Å². The van der Waals surface area contributed by atoms with E-state index >= 15 is 0 Å². The van der Waals surface area contributed by atoms with Crippen LogP contribution in [0.2, 0.25) is 0 Å². The predicted molar refractivity (Wildman–Crippen MR) is 197 cm³/mol. The molecule has 4 rings (SSSR count). The average Bonchev–Trinajstić information content (AvgIpc) is 3.42. The van der Waals surface area contributed by atoms with Crippen molar-refractivity contribution in [2.24, 2.45) is 0 Å². The van der Waals surface area contributed by atoms with E-state index in [9.17, 15) is 35.5 Å². The molecule has 15 heteroatoms. The molecule has 2 aromatic carbocycles. The minimum absolute atomic E-state index is 0. The average molecular weight is 787 g/mol. The second kappa shape index (κ2) is 21.4. The van der Waals surface area contributed by atoms with Crippen molar-refractivity contribution in [1.29, 1.82) is 0 Å². The maximum atomic E-state index is 11.3. The van der Waals surface area contributed by atoms with Crippen LogP contribution in [-0.4, -0.2) is 72.0 Å². The zero-order valence-corrected chi connectivity index (χ0v) is 35.8. The molecule has 0 fully saturated rings. The van der Waals surface area contributed by atoms with Crippen LogP contribution in [0.1, 0.15) is 90.2 Å². The summed E-state index contributed by atoms with van der Waals surface area (Å²) in [4.78, 5) is 22.6. The van der Waals surface area contributed by atoms with Crippen LogP contribution < -0.4 is 56.3 Å². The first-order valence-electron chi connectivity index (χ1n) is 16.4. The Morgan fingerprint density at radius 1 is 0.750 bits per heavy atom. The van der Waals surface area contributed by atoms with E-state index in [2.05, 4.69) is 37.5 Å². The Labute approximate surface area is 352 Å². The van der Waals surface area contributed by atoms with E-state index in [1.807, 2.05) is 38.8 Å². The summed E-state index contributed by atoms with van der Waals surface area (Å²) in [6.45, 7) is 25.4. The van der Waals surface area contributed by atoms with Gasteiger partial charge < -0.3 is 24.2 Å².